The van der Waals surface area contributed by atoms with Crippen molar-refractivity contribution in [1.29, 1.82) is 0 Å². The number of hydrogen-bond acceptors (Lipinski definition) is 1. The minimum atomic E-state index is 0.772. The summed E-state index contributed by atoms with van der Waals surface area (Å²) in [5.74, 6) is 0.960. The van der Waals surface area contributed by atoms with Crippen LogP contribution in [0.4, 0.5) is 0 Å². The lowest BCUT2D eigenvalue weighted by atomic mass is 10.2. The monoisotopic (exact) mass is 357 g/mol. The van der Waals surface area contributed by atoms with Crippen LogP contribution in [0, 0.1) is 6.92 Å². The molecule has 114 valence electrons. The normalized spacial score (nSPS) is 11.0. The molecule has 0 saturated heterocycles. The zero-order valence-electron chi connectivity index (χ0n) is 12.8. The second kappa shape index (κ2) is 7.01. The van der Waals surface area contributed by atoms with Gasteiger partial charge in [0, 0.05) is 28.1 Å². The molecule has 0 aliphatic carbocycles. The van der Waals surface area contributed by atoms with Gasteiger partial charge < -0.3 is 9.30 Å². The zero-order chi connectivity index (χ0) is 15.4. The Morgan fingerprint density at radius 1 is 1.00 bits per heavy atom. The SMILES string of the molecule is Cc1ccc(OCCCCn2ccc3cc(Br)ccc32)cc1. The van der Waals surface area contributed by atoms with Crippen molar-refractivity contribution in [2.24, 2.45) is 0 Å². The molecule has 0 unspecified atom stereocenters. The third kappa shape index (κ3) is 3.72. The van der Waals surface area contributed by atoms with Gasteiger partial charge in [0.1, 0.15) is 5.75 Å². The number of rotatable bonds is 6. The number of benzene rings is 2. The summed E-state index contributed by atoms with van der Waals surface area (Å²) < 4.78 is 9.21. The highest BCUT2D eigenvalue weighted by atomic mass is 79.9. The van der Waals surface area contributed by atoms with E-state index in [2.05, 4.69) is 70.0 Å². The van der Waals surface area contributed by atoms with Crippen molar-refractivity contribution >= 4 is 26.8 Å². The molecule has 3 aromatic rings. The van der Waals surface area contributed by atoms with Gasteiger partial charge in [-0.1, -0.05) is 33.6 Å². The summed E-state index contributed by atoms with van der Waals surface area (Å²) in [4.78, 5) is 0. The highest BCUT2D eigenvalue weighted by Crippen LogP contribution is 2.21. The third-order valence-corrected chi connectivity index (χ3v) is 4.31. The minimum absolute atomic E-state index is 0.772. The molecule has 0 N–H and O–H groups in total. The Hall–Kier alpha value is -1.74. The van der Waals surface area contributed by atoms with Gasteiger partial charge >= 0.3 is 0 Å². The molecule has 2 nitrogen and oxygen atoms in total. The highest BCUT2D eigenvalue weighted by Gasteiger charge is 2.01. The van der Waals surface area contributed by atoms with Crippen LogP contribution in [0.1, 0.15) is 18.4 Å². The van der Waals surface area contributed by atoms with Crippen molar-refractivity contribution in [3.63, 3.8) is 0 Å². The van der Waals surface area contributed by atoms with E-state index >= 15 is 0 Å². The quantitative estimate of drug-likeness (QED) is 0.526. The molecule has 0 atom stereocenters. The lowest BCUT2D eigenvalue weighted by molar-refractivity contribution is 0.303. The van der Waals surface area contributed by atoms with E-state index in [0.29, 0.717) is 0 Å². The second-order valence-electron chi connectivity index (χ2n) is 5.58. The van der Waals surface area contributed by atoms with E-state index in [1.54, 1.807) is 0 Å². The number of nitrogens with zero attached hydrogens (tertiary/aromatic N) is 1. The van der Waals surface area contributed by atoms with E-state index in [0.717, 1.165) is 36.2 Å². The van der Waals surface area contributed by atoms with Crippen LogP contribution < -0.4 is 4.74 Å². The van der Waals surface area contributed by atoms with Crippen molar-refractivity contribution in [2.75, 3.05) is 6.61 Å². The largest absolute Gasteiger partial charge is 0.494 e. The predicted octanol–water partition coefficient (Wildman–Crippen LogP) is 5.57. The smallest absolute Gasteiger partial charge is 0.119 e. The van der Waals surface area contributed by atoms with E-state index in [1.165, 1.54) is 16.5 Å². The molecule has 0 aliphatic rings. The summed E-state index contributed by atoms with van der Waals surface area (Å²) in [5.41, 5.74) is 2.56. The second-order valence-corrected chi connectivity index (χ2v) is 6.50. The maximum Gasteiger partial charge on any atom is 0.119 e. The first kappa shape index (κ1) is 15.2. The van der Waals surface area contributed by atoms with Gasteiger partial charge in [-0.05, 0) is 56.2 Å². The molecule has 3 rings (SSSR count). The molecule has 0 fully saturated rings. The molecule has 1 heterocycles. The van der Waals surface area contributed by atoms with Crippen LogP contribution in [0.2, 0.25) is 0 Å². The fraction of sp³-hybridized carbons (Fsp3) is 0.263. The summed E-state index contributed by atoms with van der Waals surface area (Å²) >= 11 is 3.52. The Morgan fingerprint density at radius 2 is 1.82 bits per heavy atom. The number of aryl methyl sites for hydroxylation is 2. The van der Waals surface area contributed by atoms with Gasteiger partial charge in [-0.25, -0.2) is 0 Å². The third-order valence-electron chi connectivity index (χ3n) is 3.82. The fourth-order valence-corrected chi connectivity index (χ4v) is 2.95. The van der Waals surface area contributed by atoms with Crippen LogP contribution >= 0.6 is 15.9 Å². The average molecular weight is 358 g/mol. The fourth-order valence-electron chi connectivity index (χ4n) is 2.57. The van der Waals surface area contributed by atoms with Gasteiger partial charge in [0.05, 0.1) is 6.61 Å². The lowest BCUT2D eigenvalue weighted by Crippen LogP contribution is -2.01. The maximum absolute atomic E-state index is 5.77. The topological polar surface area (TPSA) is 14.2 Å². The molecule has 0 amide bonds. The number of aromatic nitrogens is 1. The van der Waals surface area contributed by atoms with Gasteiger partial charge in [-0.2, -0.15) is 0 Å². The Balaban J connectivity index is 1.47. The first-order chi connectivity index (χ1) is 10.7. The Morgan fingerprint density at radius 3 is 2.64 bits per heavy atom. The molecule has 0 radical (unpaired) electrons. The standard InChI is InChI=1S/C19H20BrNO/c1-15-4-7-18(8-5-15)22-13-3-2-11-21-12-10-16-14-17(20)6-9-19(16)21/h4-10,12,14H,2-3,11,13H2,1H3. The summed E-state index contributed by atoms with van der Waals surface area (Å²) in [6.07, 6.45) is 4.34. The molecular formula is C19H20BrNO. The van der Waals surface area contributed by atoms with Crippen LogP contribution in [0.3, 0.4) is 0 Å². The molecular weight excluding hydrogens is 338 g/mol. The highest BCUT2D eigenvalue weighted by molar-refractivity contribution is 9.10. The Kier molecular flexibility index (Phi) is 4.84. The van der Waals surface area contributed by atoms with Crippen molar-refractivity contribution in [3.8, 4) is 5.75 Å². The van der Waals surface area contributed by atoms with Crippen molar-refractivity contribution in [2.45, 2.75) is 26.3 Å². The Bertz CT molecular complexity index is 746. The number of unbranched alkanes of at least 4 members (excludes halogenated alkanes) is 1. The van der Waals surface area contributed by atoms with Crippen LogP contribution in [0.5, 0.6) is 5.75 Å². The van der Waals surface area contributed by atoms with Gasteiger partial charge in [-0.3, -0.25) is 0 Å². The molecule has 1 aromatic heterocycles. The van der Waals surface area contributed by atoms with Crippen LogP contribution in [-0.2, 0) is 6.54 Å². The van der Waals surface area contributed by atoms with Crippen LogP contribution in [0.25, 0.3) is 10.9 Å². The van der Waals surface area contributed by atoms with E-state index in [9.17, 15) is 0 Å². The van der Waals surface area contributed by atoms with E-state index in [4.69, 9.17) is 4.74 Å². The number of fused-ring (bicyclic) bond motifs is 1. The van der Waals surface area contributed by atoms with E-state index in [1.807, 2.05) is 12.1 Å². The average Bonchev–Trinajstić information content (AvgIpc) is 2.91. The maximum atomic E-state index is 5.77. The molecule has 22 heavy (non-hydrogen) atoms. The lowest BCUT2D eigenvalue weighted by Gasteiger charge is -2.08. The molecule has 0 bridgehead atoms. The van der Waals surface area contributed by atoms with Crippen LogP contribution in [-0.4, -0.2) is 11.2 Å². The summed E-state index contributed by atoms with van der Waals surface area (Å²) in [7, 11) is 0. The van der Waals surface area contributed by atoms with E-state index < -0.39 is 0 Å². The summed E-state index contributed by atoms with van der Waals surface area (Å²) in [6, 6.07) is 16.8. The van der Waals surface area contributed by atoms with Crippen molar-refractivity contribution < 1.29 is 4.74 Å². The van der Waals surface area contributed by atoms with Crippen LogP contribution in [0.15, 0.2) is 59.2 Å². The molecule has 0 saturated carbocycles. The van der Waals surface area contributed by atoms with Gasteiger partial charge in [0.15, 0.2) is 0 Å². The van der Waals surface area contributed by atoms with Crippen molar-refractivity contribution in [1.82, 2.24) is 4.57 Å². The summed E-state index contributed by atoms with van der Waals surface area (Å²) in [6.45, 7) is 3.89. The number of hydrogen-bond donors (Lipinski definition) is 0. The first-order valence-electron chi connectivity index (χ1n) is 7.66. The number of halogens is 1. The van der Waals surface area contributed by atoms with E-state index in [-0.39, 0.29) is 0 Å². The molecule has 2 aromatic carbocycles. The molecule has 0 spiro atoms. The molecule has 3 heteroatoms. The van der Waals surface area contributed by atoms with Gasteiger partial charge in [0.25, 0.3) is 0 Å². The number of ether oxygens (including phenoxy) is 1. The minimum Gasteiger partial charge on any atom is -0.494 e. The zero-order valence-corrected chi connectivity index (χ0v) is 14.3. The van der Waals surface area contributed by atoms with Gasteiger partial charge in [0.2, 0.25) is 0 Å². The van der Waals surface area contributed by atoms with Crippen molar-refractivity contribution in [3.05, 3.63) is 64.8 Å². The molecule has 0 aliphatic heterocycles. The van der Waals surface area contributed by atoms with Gasteiger partial charge in [-0.15, -0.1) is 0 Å². The predicted molar refractivity (Wildman–Crippen MR) is 95.5 cm³/mol. The summed E-state index contributed by atoms with van der Waals surface area (Å²) in [5, 5.41) is 1.28. The Labute approximate surface area is 139 Å². The first-order valence-corrected chi connectivity index (χ1v) is 8.45.